The van der Waals surface area contributed by atoms with Gasteiger partial charge in [-0.3, -0.25) is 4.79 Å². The number of carbonyl (C=O) groups excluding carboxylic acids is 1. The summed E-state index contributed by atoms with van der Waals surface area (Å²) in [6.45, 7) is 1.45. The standard InChI is InChI=1S/C16H20ClNO3/c17-13-6-2-1-5-12(13)14-11-18(9-10-21-14)15(19)16(20)7-3-4-8-16/h1-2,5-6,14,20H,3-4,7-11H2. The Morgan fingerprint density at radius 2 is 2.05 bits per heavy atom. The van der Waals surface area contributed by atoms with E-state index in [0.717, 1.165) is 18.4 Å². The van der Waals surface area contributed by atoms with Crippen LogP contribution in [0.25, 0.3) is 0 Å². The topological polar surface area (TPSA) is 49.8 Å². The summed E-state index contributed by atoms with van der Waals surface area (Å²) in [5.41, 5.74) is -0.266. The van der Waals surface area contributed by atoms with Crippen molar-refractivity contribution in [3.8, 4) is 0 Å². The minimum absolute atomic E-state index is 0.152. The number of hydrogen-bond donors (Lipinski definition) is 1. The molecule has 3 rings (SSSR count). The van der Waals surface area contributed by atoms with Crippen molar-refractivity contribution in [2.45, 2.75) is 37.4 Å². The van der Waals surface area contributed by atoms with Crippen molar-refractivity contribution in [1.29, 1.82) is 0 Å². The molecular formula is C16H20ClNO3. The van der Waals surface area contributed by atoms with Crippen LogP contribution in [0.3, 0.4) is 0 Å². The number of ether oxygens (including phenoxy) is 1. The van der Waals surface area contributed by atoms with Gasteiger partial charge in [0, 0.05) is 17.1 Å². The van der Waals surface area contributed by atoms with Crippen molar-refractivity contribution in [3.05, 3.63) is 34.9 Å². The van der Waals surface area contributed by atoms with Crippen LogP contribution in [0.4, 0.5) is 0 Å². The van der Waals surface area contributed by atoms with Gasteiger partial charge < -0.3 is 14.7 Å². The van der Waals surface area contributed by atoms with Crippen LogP contribution in [0, 0.1) is 0 Å². The first-order valence-electron chi connectivity index (χ1n) is 7.48. The first-order chi connectivity index (χ1) is 10.1. The highest BCUT2D eigenvalue weighted by Crippen LogP contribution is 2.34. The zero-order valence-electron chi connectivity index (χ0n) is 11.9. The highest BCUT2D eigenvalue weighted by Gasteiger charge is 2.42. The SMILES string of the molecule is O=C(N1CCOC(c2ccccc2Cl)C1)C1(O)CCCC1. The Labute approximate surface area is 129 Å². The second-order valence-corrected chi connectivity index (χ2v) is 6.28. The molecule has 4 nitrogen and oxygen atoms in total. The number of nitrogens with zero attached hydrogens (tertiary/aromatic N) is 1. The molecule has 21 heavy (non-hydrogen) atoms. The van der Waals surface area contributed by atoms with Crippen LogP contribution in [-0.2, 0) is 9.53 Å². The van der Waals surface area contributed by atoms with Crippen LogP contribution in [0.1, 0.15) is 37.4 Å². The number of carbonyl (C=O) groups is 1. The summed E-state index contributed by atoms with van der Waals surface area (Å²) in [5, 5.41) is 11.1. The van der Waals surface area contributed by atoms with Crippen molar-refractivity contribution < 1.29 is 14.6 Å². The summed E-state index contributed by atoms with van der Waals surface area (Å²) in [7, 11) is 0. The van der Waals surface area contributed by atoms with Gasteiger partial charge in [0.15, 0.2) is 0 Å². The third kappa shape index (κ3) is 2.93. The van der Waals surface area contributed by atoms with Gasteiger partial charge in [-0.05, 0) is 31.7 Å². The quantitative estimate of drug-likeness (QED) is 0.913. The van der Waals surface area contributed by atoms with Gasteiger partial charge in [0.1, 0.15) is 11.7 Å². The van der Waals surface area contributed by atoms with E-state index in [1.165, 1.54) is 0 Å². The number of morpholine rings is 1. The number of halogens is 1. The number of aliphatic hydroxyl groups is 1. The van der Waals surface area contributed by atoms with Crippen LogP contribution in [0.2, 0.25) is 5.02 Å². The molecule has 0 bridgehead atoms. The van der Waals surface area contributed by atoms with Gasteiger partial charge in [0.05, 0.1) is 13.2 Å². The smallest absolute Gasteiger partial charge is 0.254 e. The predicted octanol–water partition coefficient (Wildman–Crippen LogP) is 2.55. The van der Waals surface area contributed by atoms with Crippen LogP contribution in [-0.4, -0.2) is 41.2 Å². The second-order valence-electron chi connectivity index (χ2n) is 5.87. The van der Waals surface area contributed by atoms with Gasteiger partial charge in [-0.1, -0.05) is 29.8 Å². The number of amides is 1. The lowest BCUT2D eigenvalue weighted by molar-refractivity contribution is -0.158. The van der Waals surface area contributed by atoms with Crippen molar-refractivity contribution in [2.24, 2.45) is 0 Å². The summed E-state index contributed by atoms with van der Waals surface area (Å²) in [6.07, 6.45) is 2.75. The highest BCUT2D eigenvalue weighted by molar-refractivity contribution is 6.31. The Kier molecular flexibility index (Phi) is 4.20. The molecule has 1 aliphatic heterocycles. The maximum absolute atomic E-state index is 12.6. The summed E-state index contributed by atoms with van der Waals surface area (Å²) in [4.78, 5) is 14.3. The zero-order valence-corrected chi connectivity index (χ0v) is 12.7. The van der Waals surface area contributed by atoms with Crippen LogP contribution in [0.5, 0.6) is 0 Å². The van der Waals surface area contributed by atoms with E-state index in [1.54, 1.807) is 4.90 Å². The molecule has 1 saturated carbocycles. The lowest BCUT2D eigenvalue weighted by Gasteiger charge is -2.37. The highest BCUT2D eigenvalue weighted by atomic mass is 35.5. The Bertz CT molecular complexity index is 528. The third-order valence-corrected chi connectivity index (χ3v) is 4.78. The Morgan fingerprint density at radius 1 is 1.33 bits per heavy atom. The molecule has 2 fully saturated rings. The van der Waals surface area contributed by atoms with Crippen LogP contribution >= 0.6 is 11.6 Å². The molecule has 2 aliphatic rings. The lowest BCUT2D eigenvalue weighted by Crippen LogP contribution is -2.52. The normalized spacial score (nSPS) is 25.0. The Hall–Kier alpha value is -1.10. The average Bonchev–Trinajstić information content (AvgIpc) is 2.95. The second kappa shape index (κ2) is 5.95. The Morgan fingerprint density at radius 3 is 2.76 bits per heavy atom. The molecule has 1 heterocycles. The van der Waals surface area contributed by atoms with Crippen LogP contribution < -0.4 is 0 Å². The third-order valence-electron chi connectivity index (χ3n) is 4.43. The van der Waals surface area contributed by atoms with E-state index in [9.17, 15) is 9.90 Å². The van der Waals surface area contributed by atoms with Crippen LogP contribution in [0.15, 0.2) is 24.3 Å². The van der Waals surface area contributed by atoms with Crippen molar-refractivity contribution in [3.63, 3.8) is 0 Å². The van der Waals surface area contributed by atoms with E-state index in [-0.39, 0.29) is 12.0 Å². The van der Waals surface area contributed by atoms with E-state index in [0.29, 0.717) is 37.6 Å². The molecule has 1 N–H and O–H groups in total. The summed E-state index contributed by atoms with van der Waals surface area (Å²) in [5.74, 6) is -0.152. The van der Waals surface area contributed by atoms with E-state index < -0.39 is 5.60 Å². The maximum atomic E-state index is 12.6. The van der Waals surface area contributed by atoms with Gasteiger partial charge in [-0.25, -0.2) is 0 Å². The molecule has 1 aliphatic carbocycles. The van der Waals surface area contributed by atoms with Crippen molar-refractivity contribution in [2.75, 3.05) is 19.7 Å². The Balaban J connectivity index is 1.74. The fourth-order valence-corrected chi connectivity index (χ4v) is 3.48. The minimum atomic E-state index is -1.16. The summed E-state index contributed by atoms with van der Waals surface area (Å²) >= 11 is 6.21. The monoisotopic (exact) mass is 309 g/mol. The zero-order chi connectivity index (χ0) is 14.9. The fraction of sp³-hybridized carbons (Fsp3) is 0.562. The molecule has 1 unspecified atom stereocenters. The van der Waals surface area contributed by atoms with Crippen molar-refractivity contribution in [1.82, 2.24) is 4.90 Å². The van der Waals surface area contributed by atoms with Gasteiger partial charge in [0.2, 0.25) is 0 Å². The fourth-order valence-electron chi connectivity index (χ4n) is 3.23. The van der Waals surface area contributed by atoms with E-state index in [4.69, 9.17) is 16.3 Å². The maximum Gasteiger partial charge on any atom is 0.254 e. The first kappa shape index (κ1) is 14.8. The van der Waals surface area contributed by atoms with Crippen molar-refractivity contribution >= 4 is 17.5 Å². The molecule has 114 valence electrons. The number of benzene rings is 1. The molecule has 5 heteroatoms. The van der Waals surface area contributed by atoms with E-state index in [2.05, 4.69) is 0 Å². The van der Waals surface area contributed by atoms with Gasteiger partial charge in [-0.15, -0.1) is 0 Å². The molecule has 0 radical (unpaired) electrons. The molecule has 0 spiro atoms. The molecule has 0 aromatic heterocycles. The van der Waals surface area contributed by atoms with Gasteiger partial charge in [-0.2, -0.15) is 0 Å². The summed E-state index contributed by atoms with van der Waals surface area (Å²) < 4.78 is 5.76. The number of rotatable bonds is 2. The van der Waals surface area contributed by atoms with E-state index in [1.807, 2.05) is 24.3 Å². The average molecular weight is 310 g/mol. The minimum Gasteiger partial charge on any atom is -0.380 e. The lowest BCUT2D eigenvalue weighted by atomic mass is 9.99. The molecule has 1 aromatic carbocycles. The summed E-state index contributed by atoms with van der Waals surface area (Å²) in [6, 6.07) is 7.53. The molecule has 1 amide bonds. The largest absolute Gasteiger partial charge is 0.380 e. The molecular weight excluding hydrogens is 290 g/mol. The predicted molar refractivity (Wildman–Crippen MR) is 80.1 cm³/mol. The van der Waals surface area contributed by atoms with Gasteiger partial charge >= 0.3 is 0 Å². The van der Waals surface area contributed by atoms with Gasteiger partial charge in [0.25, 0.3) is 5.91 Å². The molecule has 1 atom stereocenters. The van der Waals surface area contributed by atoms with E-state index >= 15 is 0 Å². The number of hydrogen-bond acceptors (Lipinski definition) is 3. The first-order valence-corrected chi connectivity index (χ1v) is 7.86. The molecule has 1 saturated heterocycles. The molecule has 1 aromatic rings.